The molecular formula is C15H30N4O2S. The first-order chi connectivity index (χ1) is 9.93. The predicted octanol–water partition coefficient (Wildman–Crippen LogP) is 1.44. The SMILES string of the molecule is CO[C@H]1CN(C(N)=S)C[C@@H]1NC(=O)NC(C)(C)CC(C)(C)C. The minimum absolute atomic E-state index is 0.113. The highest BCUT2D eigenvalue weighted by Gasteiger charge is 2.35. The molecular weight excluding hydrogens is 300 g/mol. The highest BCUT2D eigenvalue weighted by atomic mass is 32.1. The zero-order valence-electron chi connectivity index (χ0n) is 14.5. The lowest BCUT2D eigenvalue weighted by molar-refractivity contribution is 0.0945. The van der Waals surface area contributed by atoms with E-state index in [0.29, 0.717) is 18.2 Å². The summed E-state index contributed by atoms with van der Waals surface area (Å²) in [6.07, 6.45) is 0.767. The van der Waals surface area contributed by atoms with Crippen LogP contribution in [0.2, 0.25) is 0 Å². The van der Waals surface area contributed by atoms with Crippen LogP contribution in [0.25, 0.3) is 0 Å². The summed E-state index contributed by atoms with van der Waals surface area (Å²) >= 11 is 4.99. The molecule has 1 saturated heterocycles. The van der Waals surface area contributed by atoms with Crippen LogP contribution in [0.4, 0.5) is 4.79 Å². The molecule has 0 aromatic rings. The van der Waals surface area contributed by atoms with E-state index in [1.54, 1.807) is 7.11 Å². The van der Waals surface area contributed by atoms with E-state index in [1.807, 2.05) is 18.7 Å². The Morgan fingerprint density at radius 2 is 1.91 bits per heavy atom. The van der Waals surface area contributed by atoms with E-state index in [4.69, 9.17) is 22.7 Å². The summed E-state index contributed by atoms with van der Waals surface area (Å²) < 4.78 is 5.42. The molecule has 22 heavy (non-hydrogen) atoms. The summed E-state index contributed by atoms with van der Waals surface area (Å²) in [5.41, 5.74) is 5.51. The number of likely N-dealkylation sites (tertiary alicyclic amines) is 1. The lowest BCUT2D eigenvalue weighted by Crippen LogP contribution is -2.54. The minimum atomic E-state index is -0.285. The lowest BCUT2D eigenvalue weighted by atomic mass is 9.82. The molecule has 1 aliphatic heterocycles. The van der Waals surface area contributed by atoms with Gasteiger partial charge < -0.3 is 26.0 Å². The first-order valence-corrected chi connectivity index (χ1v) is 8.00. The smallest absolute Gasteiger partial charge is 0.315 e. The van der Waals surface area contributed by atoms with E-state index >= 15 is 0 Å². The van der Waals surface area contributed by atoms with Gasteiger partial charge in [-0.1, -0.05) is 20.8 Å². The number of methoxy groups -OCH3 is 1. The summed E-state index contributed by atoms with van der Waals surface area (Å²) in [6, 6.07) is -0.317. The number of carbonyl (C=O) groups is 1. The molecule has 4 N–H and O–H groups in total. The number of amides is 2. The maximum absolute atomic E-state index is 12.3. The first-order valence-electron chi connectivity index (χ1n) is 7.59. The highest BCUT2D eigenvalue weighted by Crippen LogP contribution is 2.26. The topological polar surface area (TPSA) is 79.6 Å². The van der Waals surface area contributed by atoms with Crippen LogP contribution >= 0.6 is 12.2 Å². The van der Waals surface area contributed by atoms with Gasteiger partial charge in [0.2, 0.25) is 0 Å². The van der Waals surface area contributed by atoms with Gasteiger partial charge in [-0.2, -0.15) is 0 Å². The van der Waals surface area contributed by atoms with E-state index in [0.717, 1.165) is 6.42 Å². The van der Waals surface area contributed by atoms with Gasteiger partial charge in [-0.3, -0.25) is 0 Å². The van der Waals surface area contributed by atoms with Crippen molar-refractivity contribution in [2.45, 2.75) is 58.7 Å². The van der Waals surface area contributed by atoms with E-state index in [2.05, 4.69) is 31.4 Å². The minimum Gasteiger partial charge on any atom is -0.377 e. The summed E-state index contributed by atoms with van der Waals surface area (Å²) in [5, 5.41) is 6.35. The largest absolute Gasteiger partial charge is 0.377 e. The Morgan fingerprint density at radius 3 is 2.36 bits per heavy atom. The number of rotatable bonds is 4. The maximum Gasteiger partial charge on any atom is 0.315 e. The summed E-state index contributed by atoms with van der Waals surface area (Å²) in [6.45, 7) is 11.7. The van der Waals surface area contributed by atoms with Crippen LogP contribution in [0.15, 0.2) is 0 Å². The second-order valence-electron chi connectivity index (χ2n) is 7.84. The number of thiocarbonyl (C=S) groups is 1. The number of ether oxygens (including phenoxy) is 1. The molecule has 0 aromatic heterocycles. The average Bonchev–Trinajstić information content (AvgIpc) is 2.67. The van der Waals surface area contributed by atoms with Crippen LogP contribution in [0.1, 0.15) is 41.0 Å². The monoisotopic (exact) mass is 330 g/mol. The van der Waals surface area contributed by atoms with Crippen molar-refractivity contribution in [3.63, 3.8) is 0 Å². The van der Waals surface area contributed by atoms with Crippen LogP contribution in [0.3, 0.4) is 0 Å². The van der Waals surface area contributed by atoms with Gasteiger partial charge in [0.1, 0.15) is 0 Å². The lowest BCUT2D eigenvalue weighted by Gasteiger charge is -2.34. The number of hydrogen-bond acceptors (Lipinski definition) is 3. The fourth-order valence-electron chi connectivity index (χ4n) is 3.21. The quantitative estimate of drug-likeness (QED) is 0.680. The Balaban J connectivity index is 2.59. The number of hydrogen-bond donors (Lipinski definition) is 3. The molecule has 2 amide bonds. The van der Waals surface area contributed by atoms with E-state index in [9.17, 15) is 4.79 Å². The van der Waals surface area contributed by atoms with Crippen molar-refractivity contribution in [1.29, 1.82) is 0 Å². The molecule has 0 spiro atoms. The first kappa shape index (κ1) is 19.0. The van der Waals surface area contributed by atoms with Crippen molar-refractivity contribution < 1.29 is 9.53 Å². The summed E-state index contributed by atoms with van der Waals surface area (Å²) in [7, 11) is 1.63. The zero-order valence-corrected chi connectivity index (χ0v) is 15.3. The number of nitrogens with zero attached hydrogens (tertiary/aromatic N) is 1. The molecule has 1 aliphatic rings. The Labute approximate surface area is 139 Å². The fourth-order valence-corrected chi connectivity index (χ4v) is 3.36. The zero-order chi connectivity index (χ0) is 17.1. The molecule has 0 unspecified atom stereocenters. The third-order valence-electron chi connectivity index (χ3n) is 3.62. The third kappa shape index (κ3) is 5.96. The summed E-state index contributed by atoms with van der Waals surface area (Å²) in [5.74, 6) is 0. The standard InChI is InChI=1S/C15H30N4O2S/c1-14(2,3)9-15(4,5)18-13(20)17-10-7-19(12(16)22)8-11(10)21-6/h10-11H,7-9H2,1-6H3,(H2,16,22)(H2,17,18,20)/t10-,11-/m0/s1. The van der Waals surface area contributed by atoms with Gasteiger partial charge in [0.25, 0.3) is 0 Å². The second-order valence-corrected chi connectivity index (χ2v) is 8.26. The second kappa shape index (κ2) is 7.00. The van der Waals surface area contributed by atoms with Gasteiger partial charge in [0.05, 0.1) is 12.1 Å². The van der Waals surface area contributed by atoms with Crippen LogP contribution in [0, 0.1) is 5.41 Å². The predicted molar refractivity (Wildman–Crippen MR) is 92.8 cm³/mol. The van der Waals surface area contributed by atoms with Crippen LogP contribution in [-0.4, -0.2) is 53.9 Å². The molecule has 128 valence electrons. The Bertz CT molecular complexity index is 420. The normalized spacial score (nSPS) is 22.5. The van der Waals surface area contributed by atoms with Crippen LogP contribution < -0.4 is 16.4 Å². The van der Waals surface area contributed by atoms with Crippen molar-refractivity contribution in [2.24, 2.45) is 11.1 Å². The number of nitrogens with two attached hydrogens (primary N) is 1. The third-order valence-corrected chi connectivity index (χ3v) is 3.88. The van der Waals surface area contributed by atoms with Crippen molar-refractivity contribution in [3.05, 3.63) is 0 Å². The number of urea groups is 1. The Hall–Kier alpha value is -1.08. The van der Waals surface area contributed by atoms with E-state index < -0.39 is 0 Å². The molecule has 0 aromatic carbocycles. The number of carbonyl (C=O) groups excluding carboxylic acids is 1. The van der Waals surface area contributed by atoms with Gasteiger partial charge in [-0.25, -0.2) is 4.79 Å². The molecule has 7 heteroatoms. The van der Waals surface area contributed by atoms with Crippen molar-refractivity contribution in [2.75, 3.05) is 20.2 Å². The molecule has 0 saturated carbocycles. The molecule has 1 rings (SSSR count). The van der Waals surface area contributed by atoms with Gasteiger partial charge in [-0.15, -0.1) is 0 Å². The Morgan fingerprint density at radius 1 is 1.32 bits per heavy atom. The maximum atomic E-state index is 12.3. The molecule has 2 atom stereocenters. The summed E-state index contributed by atoms with van der Waals surface area (Å²) in [4.78, 5) is 14.1. The molecule has 1 heterocycles. The van der Waals surface area contributed by atoms with E-state index in [-0.39, 0.29) is 29.1 Å². The number of nitrogens with one attached hydrogen (secondary N) is 2. The fraction of sp³-hybridized carbons (Fsp3) is 0.867. The Kier molecular flexibility index (Phi) is 6.03. The van der Waals surface area contributed by atoms with Crippen LogP contribution in [-0.2, 0) is 4.74 Å². The van der Waals surface area contributed by atoms with Gasteiger partial charge >= 0.3 is 6.03 Å². The molecule has 0 bridgehead atoms. The van der Waals surface area contributed by atoms with Crippen LogP contribution in [0.5, 0.6) is 0 Å². The average molecular weight is 330 g/mol. The van der Waals surface area contributed by atoms with Crippen molar-refractivity contribution >= 4 is 23.4 Å². The van der Waals surface area contributed by atoms with Gasteiger partial charge in [-0.05, 0) is 37.9 Å². The molecule has 1 fully saturated rings. The molecule has 0 radical (unpaired) electrons. The molecule has 0 aliphatic carbocycles. The highest BCUT2D eigenvalue weighted by molar-refractivity contribution is 7.80. The van der Waals surface area contributed by atoms with E-state index in [1.165, 1.54) is 0 Å². The van der Waals surface area contributed by atoms with Crippen molar-refractivity contribution in [1.82, 2.24) is 15.5 Å². The van der Waals surface area contributed by atoms with Crippen molar-refractivity contribution in [3.8, 4) is 0 Å². The van der Waals surface area contributed by atoms with Gasteiger partial charge in [0.15, 0.2) is 5.11 Å². The molecule has 6 nitrogen and oxygen atoms in total. The van der Waals surface area contributed by atoms with Gasteiger partial charge in [0, 0.05) is 25.7 Å².